The van der Waals surface area contributed by atoms with Crippen molar-refractivity contribution in [3.8, 4) is 12.3 Å². The molecule has 3 nitrogen and oxygen atoms in total. The molecule has 1 N–H and O–H groups in total. The van der Waals surface area contributed by atoms with Crippen molar-refractivity contribution in [3.63, 3.8) is 0 Å². The first-order chi connectivity index (χ1) is 5.11. The molecule has 0 radical (unpaired) electrons. The van der Waals surface area contributed by atoms with Gasteiger partial charge in [-0.05, 0) is 6.42 Å². The molecule has 1 saturated carbocycles. The van der Waals surface area contributed by atoms with Crippen molar-refractivity contribution < 1.29 is 9.90 Å². The molecule has 2 aliphatic rings. The monoisotopic (exact) mass is 151 g/mol. The quantitative estimate of drug-likeness (QED) is 0.461. The van der Waals surface area contributed by atoms with Gasteiger partial charge in [0.15, 0.2) is 0 Å². The van der Waals surface area contributed by atoms with Gasteiger partial charge >= 0.3 is 0 Å². The second kappa shape index (κ2) is 1.59. The minimum Gasteiger partial charge on any atom is -0.369 e. The van der Waals surface area contributed by atoms with Crippen LogP contribution in [0.25, 0.3) is 0 Å². The zero-order valence-electron chi connectivity index (χ0n) is 6.24. The van der Waals surface area contributed by atoms with E-state index in [1.807, 2.05) is 0 Å². The molecule has 1 aliphatic carbocycles. The van der Waals surface area contributed by atoms with E-state index in [1.54, 1.807) is 11.9 Å². The molecule has 0 aromatic carbocycles. The van der Waals surface area contributed by atoms with E-state index in [0.29, 0.717) is 0 Å². The molecule has 3 heteroatoms. The highest BCUT2D eigenvalue weighted by molar-refractivity contribution is 5.93. The van der Waals surface area contributed by atoms with Crippen LogP contribution in [0.2, 0.25) is 0 Å². The summed E-state index contributed by atoms with van der Waals surface area (Å²) >= 11 is 0. The molecule has 1 heterocycles. The van der Waals surface area contributed by atoms with Crippen molar-refractivity contribution in [1.82, 2.24) is 4.90 Å². The molecule has 2 fully saturated rings. The number of likely N-dealkylation sites (N-methyl/N-ethyl adjacent to an activating group) is 1. The summed E-state index contributed by atoms with van der Waals surface area (Å²) < 4.78 is 0. The first-order valence-electron chi connectivity index (χ1n) is 3.58. The number of likely N-dealkylation sites (tertiary alicyclic amines) is 1. The fourth-order valence-corrected chi connectivity index (χ4v) is 1.81. The minimum atomic E-state index is -1.49. The van der Waals surface area contributed by atoms with Crippen LogP contribution < -0.4 is 0 Å². The number of fused-ring (bicyclic) bond motifs is 1. The zero-order chi connectivity index (χ0) is 8.22. The van der Waals surface area contributed by atoms with E-state index in [-0.39, 0.29) is 17.9 Å². The maximum atomic E-state index is 11.2. The standard InChI is InChI=1S/C8H9NO2/c1-3-8(11)5-4-6(5)9(2)7(8)10/h1,5-6,11H,4H2,2H3/t5-,6+,8+/m1/s1. The Morgan fingerprint density at radius 1 is 1.91 bits per heavy atom. The fourth-order valence-electron chi connectivity index (χ4n) is 1.81. The molecule has 1 amide bonds. The third-order valence-corrected chi connectivity index (χ3v) is 2.66. The average molecular weight is 151 g/mol. The number of terminal acetylenes is 1. The van der Waals surface area contributed by atoms with Gasteiger partial charge < -0.3 is 10.0 Å². The summed E-state index contributed by atoms with van der Waals surface area (Å²) in [4.78, 5) is 12.8. The normalized spacial score (nSPS) is 47.0. The van der Waals surface area contributed by atoms with Crippen LogP contribution >= 0.6 is 0 Å². The lowest BCUT2D eigenvalue weighted by Gasteiger charge is -2.18. The second-order valence-corrected chi connectivity index (χ2v) is 3.24. The lowest BCUT2D eigenvalue weighted by Crippen LogP contribution is -2.41. The molecule has 0 aromatic heterocycles. The van der Waals surface area contributed by atoms with Crippen LogP contribution in [0.1, 0.15) is 6.42 Å². The molecule has 1 aliphatic heterocycles. The van der Waals surface area contributed by atoms with Crippen molar-refractivity contribution >= 4 is 5.91 Å². The van der Waals surface area contributed by atoms with Crippen LogP contribution in [-0.4, -0.2) is 34.6 Å². The van der Waals surface area contributed by atoms with Gasteiger partial charge in [0.1, 0.15) is 0 Å². The highest BCUT2D eigenvalue weighted by atomic mass is 16.3. The number of nitrogens with zero attached hydrogens (tertiary/aromatic N) is 1. The second-order valence-electron chi connectivity index (χ2n) is 3.24. The Labute approximate surface area is 65.0 Å². The van der Waals surface area contributed by atoms with Gasteiger partial charge in [0.2, 0.25) is 5.60 Å². The Morgan fingerprint density at radius 2 is 2.55 bits per heavy atom. The van der Waals surface area contributed by atoms with Gasteiger partial charge in [-0.3, -0.25) is 4.79 Å². The summed E-state index contributed by atoms with van der Waals surface area (Å²) in [6.45, 7) is 0. The summed E-state index contributed by atoms with van der Waals surface area (Å²) in [6, 6.07) is 0.198. The van der Waals surface area contributed by atoms with E-state index in [1.165, 1.54) is 0 Å². The number of piperidine rings is 1. The summed E-state index contributed by atoms with van der Waals surface area (Å²) in [7, 11) is 1.68. The van der Waals surface area contributed by atoms with E-state index in [9.17, 15) is 9.90 Å². The maximum Gasteiger partial charge on any atom is 0.267 e. The third-order valence-electron chi connectivity index (χ3n) is 2.66. The van der Waals surface area contributed by atoms with E-state index in [0.717, 1.165) is 6.42 Å². The predicted molar refractivity (Wildman–Crippen MR) is 38.4 cm³/mol. The fraction of sp³-hybridized carbons (Fsp3) is 0.625. The molecule has 1 saturated heterocycles. The Hall–Kier alpha value is -1.01. The highest BCUT2D eigenvalue weighted by Gasteiger charge is 2.65. The van der Waals surface area contributed by atoms with Crippen molar-refractivity contribution in [1.29, 1.82) is 0 Å². The molecule has 0 unspecified atom stereocenters. The van der Waals surface area contributed by atoms with Crippen LogP contribution in [0, 0.1) is 18.3 Å². The smallest absolute Gasteiger partial charge is 0.267 e. The van der Waals surface area contributed by atoms with Gasteiger partial charge in [-0.1, -0.05) is 5.92 Å². The Morgan fingerprint density at radius 3 is 2.82 bits per heavy atom. The Bertz CT molecular complexity index is 268. The molecular formula is C8H9NO2. The van der Waals surface area contributed by atoms with Crippen LogP contribution in [0.15, 0.2) is 0 Å². The predicted octanol–water partition coefficient (Wildman–Crippen LogP) is -0.789. The number of carbonyl (C=O) groups excluding carboxylic acids is 1. The Balaban J connectivity index is 2.39. The molecule has 11 heavy (non-hydrogen) atoms. The van der Waals surface area contributed by atoms with Gasteiger partial charge in [-0.25, -0.2) is 0 Å². The summed E-state index contributed by atoms with van der Waals surface area (Å²) in [5, 5.41) is 9.62. The van der Waals surface area contributed by atoms with Crippen LogP contribution in [-0.2, 0) is 4.79 Å². The molecule has 2 rings (SSSR count). The third kappa shape index (κ3) is 0.561. The molecule has 0 spiro atoms. The number of rotatable bonds is 0. The number of hydrogen-bond donors (Lipinski definition) is 1. The van der Waals surface area contributed by atoms with E-state index < -0.39 is 5.60 Å². The van der Waals surface area contributed by atoms with Gasteiger partial charge in [0.05, 0.1) is 0 Å². The Kier molecular flexibility index (Phi) is 0.967. The van der Waals surface area contributed by atoms with E-state index in [4.69, 9.17) is 6.42 Å². The van der Waals surface area contributed by atoms with Crippen molar-refractivity contribution in [3.05, 3.63) is 0 Å². The summed E-state index contributed by atoms with van der Waals surface area (Å²) in [6.07, 6.45) is 5.94. The summed E-state index contributed by atoms with van der Waals surface area (Å²) in [5.41, 5.74) is -1.49. The highest BCUT2D eigenvalue weighted by Crippen LogP contribution is 2.50. The summed E-state index contributed by atoms with van der Waals surface area (Å²) in [5.74, 6) is 1.85. The largest absolute Gasteiger partial charge is 0.369 e. The number of aliphatic hydroxyl groups is 1. The molecule has 0 bridgehead atoms. The van der Waals surface area contributed by atoms with Gasteiger partial charge in [0.25, 0.3) is 5.91 Å². The lowest BCUT2D eigenvalue weighted by molar-refractivity contribution is -0.140. The van der Waals surface area contributed by atoms with Crippen LogP contribution in [0.5, 0.6) is 0 Å². The van der Waals surface area contributed by atoms with E-state index >= 15 is 0 Å². The zero-order valence-corrected chi connectivity index (χ0v) is 6.24. The number of carbonyl (C=O) groups is 1. The maximum absolute atomic E-state index is 11.2. The minimum absolute atomic E-state index is 0.00926. The molecule has 58 valence electrons. The first-order valence-corrected chi connectivity index (χ1v) is 3.58. The number of hydrogen-bond acceptors (Lipinski definition) is 2. The lowest BCUT2D eigenvalue weighted by atomic mass is 10.0. The van der Waals surface area contributed by atoms with Crippen LogP contribution in [0.4, 0.5) is 0 Å². The van der Waals surface area contributed by atoms with Gasteiger partial charge in [-0.2, -0.15) is 0 Å². The van der Waals surface area contributed by atoms with E-state index in [2.05, 4.69) is 5.92 Å². The molecule has 3 atom stereocenters. The first kappa shape index (κ1) is 6.68. The topological polar surface area (TPSA) is 40.5 Å². The van der Waals surface area contributed by atoms with Gasteiger partial charge in [0, 0.05) is 19.0 Å². The van der Waals surface area contributed by atoms with Crippen LogP contribution in [0.3, 0.4) is 0 Å². The molecular weight excluding hydrogens is 142 g/mol. The van der Waals surface area contributed by atoms with Crippen molar-refractivity contribution in [2.45, 2.75) is 18.1 Å². The van der Waals surface area contributed by atoms with Crippen molar-refractivity contribution in [2.24, 2.45) is 5.92 Å². The molecule has 0 aromatic rings. The van der Waals surface area contributed by atoms with Gasteiger partial charge in [-0.15, -0.1) is 6.42 Å². The SMILES string of the molecule is C#C[C@@]1(O)C(=O)N(C)[C@H]2C[C@H]21. The average Bonchev–Trinajstić information content (AvgIpc) is 2.75. The van der Waals surface area contributed by atoms with Crippen molar-refractivity contribution in [2.75, 3.05) is 7.05 Å². The number of amides is 1.